The molecule has 2 heterocycles. The molecule has 3 aromatic rings. The SMILES string of the molecule is NC(=O)Nc1cc(-c2ccco2)nn1-c1ccccc1. The van der Waals surface area contributed by atoms with Crippen LogP contribution < -0.4 is 11.1 Å². The van der Waals surface area contributed by atoms with Gasteiger partial charge in [0.2, 0.25) is 0 Å². The summed E-state index contributed by atoms with van der Waals surface area (Å²) in [6, 6.07) is 14.1. The van der Waals surface area contributed by atoms with Gasteiger partial charge in [0, 0.05) is 6.07 Å². The topological polar surface area (TPSA) is 86.1 Å². The summed E-state index contributed by atoms with van der Waals surface area (Å²) in [5.74, 6) is 1.10. The lowest BCUT2D eigenvalue weighted by molar-refractivity contribution is 0.259. The lowest BCUT2D eigenvalue weighted by atomic mass is 10.3. The molecule has 0 aliphatic rings. The number of benzene rings is 1. The van der Waals surface area contributed by atoms with Gasteiger partial charge >= 0.3 is 6.03 Å². The molecular formula is C14H12N4O2. The molecule has 0 saturated heterocycles. The van der Waals surface area contributed by atoms with Crippen LogP contribution in [0.25, 0.3) is 17.1 Å². The number of anilines is 1. The zero-order valence-corrected chi connectivity index (χ0v) is 10.5. The summed E-state index contributed by atoms with van der Waals surface area (Å²) in [4.78, 5) is 11.1. The van der Waals surface area contributed by atoms with E-state index in [0.717, 1.165) is 5.69 Å². The molecule has 0 spiro atoms. The molecule has 0 aliphatic heterocycles. The van der Waals surface area contributed by atoms with Crippen LogP contribution in [0, 0.1) is 0 Å². The number of rotatable bonds is 3. The summed E-state index contributed by atoms with van der Waals surface area (Å²) >= 11 is 0. The normalized spacial score (nSPS) is 10.4. The van der Waals surface area contributed by atoms with E-state index in [0.29, 0.717) is 17.3 Å². The molecule has 2 amide bonds. The Hall–Kier alpha value is -3.02. The molecule has 0 aliphatic carbocycles. The lowest BCUT2D eigenvalue weighted by Crippen LogP contribution is -2.21. The van der Waals surface area contributed by atoms with Gasteiger partial charge < -0.3 is 10.2 Å². The average Bonchev–Trinajstić information content (AvgIpc) is 3.08. The molecule has 6 nitrogen and oxygen atoms in total. The van der Waals surface area contributed by atoms with Crippen LogP contribution in [0.4, 0.5) is 10.6 Å². The predicted octanol–water partition coefficient (Wildman–Crippen LogP) is 2.62. The molecule has 3 rings (SSSR count). The van der Waals surface area contributed by atoms with Gasteiger partial charge in [-0.25, -0.2) is 9.48 Å². The number of para-hydroxylation sites is 1. The molecule has 0 bridgehead atoms. The van der Waals surface area contributed by atoms with Gasteiger partial charge in [0.25, 0.3) is 0 Å². The number of furan rings is 1. The standard InChI is InChI=1S/C14H12N4O2/c15-14(19)16-13-9-11(12-7-4-8-20-12)17-18(13)10-5-2-1-3-6-10/h1-9H,(H3,15,16,19). The fourth-order valence-electron chi connectivity index (χ4n) is 1.91. The highest BCUT2D eigenvalue weighted by Gasteiger charge is 2.13. The molecule has 20 heavy (non-hydrogen) atoms. The monoisotopic (exact) mass is 268 g/mol. The van der Waals surface area contributed by atoms with Crippen molar-refractivity contribution in [3.63, 3.8) is 0 Å². The predicted molar refractivity (Wildman–Crippen MR) is 74.5 cm³/mol. The van der Waals surface area contributed by atoms with Crippen molar-refractivity contribution in [2.24, 2.45) is 5.73 Å². The van der Waals surface area contributed by atoms with E-state index in [4.69, 9.17) is 10.2 Å². The molecule has 0 fully saturated rings. The largest absolute Gasteiger partial charge is 0.463 e. The second kappa shape index (κ2) is 4.93. The van der Waals surface area contributed by atoms with Gasteiger partial charge in [-0.3, -0.25) is 5.32 Å². The first-order chi connectivity index (χ1) is 9.74. The van der Waals surface area contributed by atoms with Crippen LogP contribution in [0.1, 0.15) is 0 Å². The van der Waals surface area contributed by atoms with Crippen molar-refractivity contribution >= 4 is 11.8 Å². The first-order valence-electron chi connectivity index (χ1n) is 6.00. The Morgan fingerprint density at radius 1 is 1.20 bits per heavy atom. The molecule has 100 valence electrons. The minimum atomic E-state index is -0.645. The Bertz CT molecular complexity index is 717. The maximum absolute atomic E-state index is 11.1. The molecule has 0 atom stereocenters. The van der Waals surface area contributed by atoms with Crippen LogP contribution >= 0.6 is 0 Å². The Morgan fingerprint density at radius 2 is 2.00 bits per heavy atom. The highest BCUT2D eigenvalue weighted by Crippen LogP contribution is 2.24. The summed E-state index contributed by atoms with van der Waals surface area (Å²) in [5, 5.41) is 6.98. The van der Waals surface area contributed by atoms with Crippen molar-refractivity contribution < 1.29 is 9.21 Å². The number of carbonyl (C=O) groups is 1. The van der Waals surface area contributed by atoms with E-state index in [1.807, 2.05) is 30.3 Å². The highest BCUT2D eigenvalue weighted by molar-refractivity contribution is 5.87. The van der Waals surface area contributed by atoms with Gasteiger partial charge in [-0.05, 0) is 24.3 Å². The average molecular weight is 268 g/mol. The number of aromatic nitrogens is 2. The van der Waals surface area contributed by atoms with Gasteiger partial charge in [-0.15, -0.1) is 0 Å². The molecule has 3 N–H and O–H groups in total. The Labute approximate surface area is 114 Å². The van der Waals surface area contributed by atoms with Gasteiger partial charge in [-0.2, -0.15) is 5.10 Å². The smallest absolute Gasteiger partial charge is 0.317 e. The summed E-state index contributed by atoms with van der Waals surface area (Å²) in [5.41, 5.74) is 6.61. The van der Waals surface area contributed by atoms with Gasteiger partial charge in [0.05, 0.1) is 12.0 Å². The number of nitrogens with two attached hydrogens (primary N) is 1. The zero-order chi connectivity index (χ0) is 13.9. The van der Waals surface area contributed by atoms with E-state index in [-0.39, 0.29) is 0 Å². The lowest BCUT2D eigenvalue weighted by Gasteiger charge is -2.06. The molecule has 2 aromatic heterocycles. The van der Waals surface area contributed by atoms with Crippen molar-refractivity contribution in [2.75, 3.05) is 5.32 Å². The van der Waals surface area contributed by atoms with Crippen LogP contribution in [0.5, 0.6) is 0 Å². The number of amides is 2. The summed E-state index contributed by atoms with van der Waals surface area (Å²) in [6.45, 7) is 0. The first-order valence-corrected chi connectivity index (χ1v) is 6.00. The van der Waals surface area contributed by atoms with Crippen molar-refractivity contribution in [2.45, 2.75) is 0 Å². The Balaban J connectivity index is 2.09. The number of hydrogen-bond acceptors (Lipinski definition) is 3. The minimum Gasteiger partial charge on any atom is -0.463 e. The maximum Gasteiger partial charge on any atom is 0.317 e. The maximum atomic E-state index is 11.1. The van der Waals surface area contributed by atoms with E-state index < -0.39 is 6.03 Å². The third-order valence-corrected chi connectivity index (χ3v) is 2.74. The first kappa shape index (κ1) is 12.0. The molecular weight excluding hydrogens is 256 g/mol. The third-order valence-electron chi connectivity index (χ3n) is 2.74. The van der Waals surface area contributed by atoms with E-state index in [1.165, 1.54) is 0 Å². The third kappa shape index (κ3) is 2.26. The Kier molecular flexibility index (Phi) is 2.96. The van der Waals surface area contributed by atoms with Crippen LogP contribution in [0.2, 0.25) is 0 Å². The summed E-state index contributed by atoms with van der Waals surface area (Å²) in [7, 11) is 0. The molecule has 0 saturated carbocycles. The van der Waals surface area contributed by atoms with Crippen LogP contribution in [-0.2, 0) is 0 Å². The molecule has 1 aromatic carbocycles. The van der Waals surface area contributed by atoms with Crippen molar-refractivity contribution in [1.29, 1.82) is 0 Å². The quantitative estimate of drug-likeness (QED) is 0.765. The van der Waals surface area contributed by atoms with Gasteiger partial charge in [0.1, 0.15) is 11.5 Å². The molecule has 0 unspecified atom stereocenters. The number of hydrogen-bond donors (Lipinski definition) is 2. The van der Waals surface area contributed by atoms with Crippen molar-refractivity contribution in [3.8, 4) is 17.1 Å². The zero-order valence-electron chi connectivity index (χ0n) is 10.5. The summed E-state index contributed by atoms with van der Waals surface area (Å²) in [6.07, 6.45) is 1.57. The van der Waals surface area contributed by atoms with Crippen molar-refractivity contribution in [3.05, 3.63) is 54.8 Å². The minimum absolute atomic E-state index is 0.482. The van der Waals surface area contributed by atoms with Crippen LogP contribution in [-0.4, -0.2) is 15.8 Å². The van der Waals surface area contributed by atoms with Gasteiger partial charge in [-0.1, -0.05) is 18.2 Å². The highest BCUT2D eigenvalue weighted by atomic mass is 16.3. The summed E-state index contributed by atoms with van der Waals surface area (Å²) < 4.78 is 6.91. The van der Waals surface area contributed by atoms with Crippen molar-refractivity contribution in [1.82, 2.24) is 9.78 Å². The fraction of sp³-hybridized carbons (Fsp3) is 0. The number of primary amides is 1. The number of nitrogens with one attached hydrogen (secondary N) is 1. The second-order valence-electron chi connectivity index (χ2n) is 4.13. The number of carbonyl (C=O) groups excluding carboxylic acids is 1. The van der Waals surface area contributed by atoms with E-state index in [2.05, 4.69) is 10.4 Å². The van der Waals surface area contributed by atoms with E-state index >= 15 is 0 Å². The number of nitrogens with zero attached hydrogens (tertiary/aromatic N) is 2. The molecule has 0 radical (unpaired) electrons. The van der Waals surface area contributed by atoms with E-state index in [9.17, 15) is 4.79 Å². The van der Waals surface area contributed by atoms with Gasteiger partial charge in [0.15, 0.2) is 5.76 Å². The van der Waals surface area contributed by atoms with Crippen LogP contribution in [0.3, 0.4) is 0 Å². The second-order valence-corrected chi connectivity index (χ2v) is 4.13. The Morgan fingerprint density at radius 3 is 2.65 bits per heavy atom. The van der Waals surface area contributed by atoms with E-state index in [1.54, 1.807) is 29.1 Å². The van der Waals surface area contributed by atoms with Crippen LogP contribution in [0.15, 0.2) is 59.2 Å². The molecule has 6 heteroatoms. The fourth-order valence-corrected chi connectivity index (χ4v) is 1.91. The number of urea groups is 1.